The average Bonchev–Trinajstić information content (AvgIpc) is 2.36. The van der Waals surface area contributed by atoms with E-state index < -0.39 is 12.0 Å². The molecule has 0 aromatic carbocycles. The molecule has 1 aliphatic carbocycles. The van der Waals surface area contributed by atoms with Crippen molar-refractivity contribution >= 4 is 17.8 Å². The van der Waals surface area contributed by atoms with Crippen LogP contribution in [0.4, 0.5) is 0 Å². The Hall–Kier alpha value is -1.59. The zero-order valence-electron chi connectivity index (χ0n) is 11.9. The van der Waals surface area contributed by atoms with Gasteiger partial charge in [-0.3, -0.25) is 14.4 Å². The van der Waals surface area contributed by atoms with Crippen molar-refractivity contribution in [3.8, 4) is 0 Å². The summed E-state index contributed by atoms with van der Waals surface area (Å²) in [4.78, 5) is 37.5. The minimum Gasteiger partial charge on any atom is -0.466 e. The van der Waals surface area contributed by atoms with Crippen molar-refractivity contribution in [2.45, 2.75) is 45.1 Å². The molecule has 0 radical (unpaired) electrons. The van der Waals surface area contributed by atoms with Gasteiger partial charge in [0.1, 0.15) is 6.04 Å². The van der Waals surface area contributed by atoms with Crippen LogP contribution in [-0.2, 0) is 19.1 Å². The van der Waals surface area contributed by atoms with Crippen molar-refractivity contribution in [1.82, 2.24) is 10.2 Å². The van der Waals surface area contributed by atoms with Crippen LogP contribution < -0.4 is 5.32 Å². The Morgan fingerprint density at radius 3 is 2.75 bits per heavy atom. The molecule has 1 saturated carbocycles. The molecule has 1 unspecified atom stereocenters. The van der Waals surface area contributed by atoms with E-state index in [-0.39, 0.29) is 24.2 Å². The Labute approximate surface area is 118 Å². The molecular weight excluding hydrogens is 260 g/mol. The second kappa shape index (κ2) is 6.72. The van der Waals surface area contributed by atoms with Gasteiger partial charge in [-0.15, -0.1) is 0 Å². The van der Waals surface area contributed by atoms with E-state index in [0.29, 0.717) is 19.7 Å². The largest absolute Gasteiger partial charge is 0.466 e. The van der Waals surface area contributed by atoms with Gasteiger partial charge in [-0.1, -0.05) is 13.3 Å². The molecule has 2 fully saturated rings. The standard InChI is InChI=1S/C14H22N2O4/c1-2-8-20-12(17)9-11-13(18)15-6-7-16(11)14(19)10-4-3-5-10/h10-11H,2-9H2,1H3,(H,15,18). The van der Waals surface area contributed by atoms with Gasteiger partial charge in [-0.2, -0.15) is 0 Å². The molecule has 0 bridgehead atoms. The number of esters is 1. The van der Waals surface area contributed by atoms with Crippen LogP contribution in [-0.4, -0.2) is 48.4 Å². The zero-order valence-corrected chi connectivity index (χ0v) is 11.9. The number of nitrogens with zero attached hydrogens (tertiary/aromatic N) is 1. The molecule has 1 heterocycles. The molecule has 2 amide bonds. The number of amides is 2. The van der Waals surface area contributed by atoms with Crippen molar-refractivity contribution in [2.24, 2.45) is 5.92 Å². The fourth-order valence-electron chi connectivity index (χ4n) is 2.50. The summed E-state index contributed by atoms with van der Waals surface area (Å²) in [6.45, 7) is 3.20. The molecule has 6 heteroatoms. The number of nitrogens with one attached hydrogen (secondary N) is 1. The van der Waals surface area contributed by atoms with Crippen LogP contribution in [0.5, 0.6) is 0 Å². The van der Waals surface area contributed by atoms with Gasteiger partial charge in [0, 0.05) is 19.0 Å². The Kier molecular flexibility index (Phi) is 4.98. The summed E-state index contributed by atoms with van der Waals surface area (Å²) >= 11 is 0. The number of piperazine rings is 1. The smallest absolute Gasteiger partial charge is 0.308 e. The summed E-state index contributed by atoms with van der Waals surface area (Å²) in [7, 11) is 0. The second-order valence-corrected chi connectivity index (χ2v) is 5.39. The van der Waals surface area contributed by atoms with E-state index >= 15 is 0 Å². The highest BCUT2D eigenvalue weighted by atomic mass is 16.5. The van der Waals surface area contributed by atoms with Crippen LogP contribution in [0, 0.1) is 5.92 Å². The lowest BCUT2D eigenvalue weighted by Gasteiger charge is -2.38. The van der Waals surface area contributed by atoms with E-state index in [1.165, 1.54) is 0 Å². The van der Waals surface area contributed by atoms with Gasteiger partial charge >= 0.3 is 5.97 Å². The van der Waals surface area contributed by atoms with E-state index in [1.54, 1.807) is 4.90 Å². The molecule has 20 heavy (non-hydrogen) atoms. The van der Waals surface area contributed by atoms with Crippen LogP contribution in [0.3, 0.4) is 0 Å². The first-order chi connectivity index (χ1) is 9.63. The van der Waals surface area contributed by atoms with Crippen LogP contribution in [0.15, 0.2) is 0 Å². The van der Waals surface area contributed by atoms with Crippen LogP contribution in [0.25, 0.3) is 0 Å². The fraction of sp³-hybridized carbons (Fsp3) is 0.786. The molecule has 0 spiro atoms. The lowest BCUT2D eigenvalue weighted by molar-refractivity contribution is -0.154. The summed E-state index contributed by atoms with van der Waals surface area (Å²) in [5, 5.41) is 2.71. The minimum absolute atomic E-state index is 0.0133. The van der Waals surface area contributed by atoms with E-state index in [9.17, 15) is 14.4 Å². The van der Waals surface area contributed by atoms with Crippen LogP contribution in [0.2, 0.25) is 0 Å². The molecular formula is C14H22N2O4. The molecule has 2 rings (SSSR count). The van der Waals surface area contributed by atoms with Gasteiger partial charge in [0.15, 0.2) is 0 Å². The summed E-state index contributed by atoms with van der Waals surface area (Å²) in [6, 6.07) is -0.707. The third-order valence-electron chi connectivity index (χ3n) is 3.90. The minimum atomic E-state index is -0.707. The molecule has 6 nitrogen and oxygen atoms in total. The van der Waals surface area contributed by atoms with Crippen molar-refractivity contribution in [1.29, 1.82) is 0 Å². The molecule has 1 saturated heterocycles. The van der Waals surface area contributed by atoms with Crippen molar-refractivity contribution in [3.05, 3.63) is 0 Å². The predicted octanol–water partition coefficient (Wildman–Crippen LogP) is 0.457. The molecule has 1 N–H and O–H groups in total. The Bertz CT molecular complexity index is 393. The maximum atomic E-state index is 12.3. The average molecular weight is 282 g/mol. The maximum Gasteiger partial charge on any atom is 0.308 e. The van der Waals surface area contributed by atoms with Gasteiger partial charge in [0.25, 0.3) is 0 Å². The van der Waals surface area contributed by atoms with Gasteiger partial charge in [-0.05, 0) is 19.3 Å². The number of carbonyl (C=O) groups excluding carboxylic acids is 3. The molecule has 0 aromatic rings. The highest BCUT2D eigenvalue weighted by Gasteiger charge is 2.39. The lowest BCUT2D eigenvalue weighted by Crippen LogP contribution is -2.59. The normalized spacial score (nSPS) is 22.9. The number of hydrogen-bond donors (Lipinski definition) is 1. The molecule has 1 aliphatic heterocycles. The highest BCUT2D eigenvalue weighted by molar-refractivity contribution is 5.92. The second-order valence-electron chi connectivity index (χ2n) is 5.39. The lowest BCUT2D eigenvalue weighted by atomic mass is 9.83. The van der Waals surface area contributed by atoms with Gasteiger partial charge in [0.2, 0.25) is 11.8 Å². The molecule has 112 valence electrons. The summed E-state index contributed by atoms with van der Waals surface area (Å²) in [5.41, 5.74) is 0. The summed E-state index contributed by atoms with van der Waals surface area (Å²) in [5.74, 6) is -0.618. The van der Waals surface area contributed by atoms with Crippen molar-refractivity contribution < 1.29 is 19.1 Å². The van der Waals surface area contributed by atoms with Crippen molar-refractivity contribution in [2.75, 3.05) is 19.7 Å². The Morgan fingerprint density at radius 2 is 2.15 bits per heavy atom. The van der Waals surface area contributed by atoms with Crippen molar-refractivity contribution in [3.63, 3.8) is 0 Å². The van der Waals surface area contributed by atoms with E-state index in [4.69, 9.17) is 4.74 Å². The van der Waals surface area contributed by atoms with E-state index in [2.05, 4.69) is 5.32 Å². The molecule has 2 aliphatic rings. The summed E-state index contributed by atoms with van der Waals surface area (Å²) in [6.07, 6.45) is 3.55. The Morgan fingerprint density at radius 1 is 1.40 bits per heavy atom. The van der Waals surface area contributed by atoms with Gasteiger partial charge in [-0.25, -0.2) is 0 Å². The first-order valence-corrected chi connectivity index (χ1v) is 7.37. The quantitative estimate of drug-likeness (QED) is 0.743. The fourth-order valence-corrected chi connectivity index (χ4v) is 2.50. The monoisotopic (exact) mass is 282 g/mol. The molecule has 1 atom stereocenters. The highest BCUT2D eigenvalue weighted by Crippen LogP contribution is 2.29. The number of ether oxygens (including phenoxy) is 1. The molecule has 0 aromatic heterocycles. The summed E-state index contributed by atoms with van der Waals surface area (Å²) < 4.78 is 5.01. The SMILES string of the molecule is CCCOC(=O)CC1C(=O)NCCN1C(=O)C1CCC1. The first-order valence-electron chi connectivity index (χ1n) is 7.37. The topological polar surface area (TPSA) is 75.7 Å². The van der Waals surface area contributed by atoms with E-state index in [1.807, 2.05) is 6.92 Å². The third-order valence-corrected chi connectivity index (χ3v) is 3.90. The zero-order chi connectivity index (χ0) is 14.5. The third kappa shape index (κ3) is 3.29. The number of rotatable bonds is 5. The first kappa shape index (κ1) is 14.8. The maximum absolute atomic E-state index is 12.3. The van der Waals surface area contributed by atoms with Gasteiger partial charge in [0.05, 0.1) is 13.0 Å². The number of carbonyl (C=O) groups is 3. The Balaban J connectivity index is 1.98. The number of hydrogen-bond acceptors (Lipinski definition) is 4. The predicted molar refractivity (Wildman–Crippen MR) is 71.7 cm³/mol. The van der Waals surface area contributed by atoms with Crippen LogP contribution in [0.1, 0.15) is 39.0 Å². The van der Waals surface area contributed by atoms with Gasteiger partial charge < -0.3 is 15.0 Å². The van der Waals surface area contributed by atoms with Crippen LogP contribution >= 0.6 is 0 Å². The van der Waals surface area contributed by atoms with E-state index in [0.717, 1.165) is 25.7 Å².